The minimum atomic E-state index is -8.40. The molecule has 1 heterocycles. The topological polar surface area (TPSA) is 35.5 Å². The molecule has 29 heteroatoms. The second-order valence-electron chi connectivity index (χ2n) is 14.2. The van der Waals surface area contributed by atoms with Gasteiger partial charge in [-0.2, -0.15) is 114 Å². The van der Waals surface area contributed by atoms with Crippen molar-refractivity contribution in [2.45, 2.75) is 117 Å². The van der Waals surface area contributed by atoms with Crippen LogP contribution in [0.25, 0.3) is 0 Å². The Bertz CT molecular complexity index is 1460. The van der Waals surface area contributed by atoms with Crippen molar-refractivity contribution in [2.24, 2.45) is 29.1 Å². The highest BCUT2D eigenvalue weighted by molar-refractivity contribution is 5.80. The largest absolute Gasteiger partial charge is 0.460 e. The van der Waals surface area contributed by atoms with E-state index in [2.05, 4.69) is 0 Å². The zero-order chi connectivity index (χ0) is 45.7. The van der Waals surface area contributed by atoms with E-state index in [1.807, 2.05) is 0 Å². The summed E-state index contributed by atoms with van der Waals surface area (Å²) in [5.41, 5.74) is -3.25. The van der Waals surface area contributed by atoms with Crippen LogP contribution >= 0.6 is 0 Å². The maximum atomic E-state index is 14.7. The first-order valence-electron chi connectivity index (χ1n) is 15.7. The fourth-order valence-corrected chi connectivity index (χ4v) is 6.81. The molecular weight excluding hydrogens is 890 g/mol. The van der Waals surface area contributed by atoms with Gasteiger partial charge in [0, 0.05) is 30.1 Å². The van der Waals surface area contributed by atoms with E-state index in [1.165, 1.54) is 12.2 Å². The van der Waals surface area contributed by atoms with E-state index in [1.54, 1.807) is 0 Å². The number of fused-ring (bicyclic) bond motifs is 2. The van der Waals surface area contributed by atoms with Gasteiger partial charge in [0.25, 0.3) is 0 Å². The highest BCUT2D eigenvalue weighted by Gasteiger charge is 2.92. The summed E-state index contributed by atoms with van der Waals surface area (Å²) in [5, 5.41) is 0. The molecule has 3 aliphatic rings. The van der Waals surface area contributed by atoms with E-state index < -0.39 is 152 Å². The second-order valence-corrected chi connectivity index (χ2v) is 14.2. The van der Waals surface area contributed by atoms with Crippen LogP contribution in [0.2, 0.25) is 0 Å². The van der Waals surface area contributed by atoms with Gasteiger partial charge in [-0.1, -0.05) is 12.2 Å². The number of halogens is 26. The van der Waals surface area contributed by atoms with Crippen molar-refractivity contribution in [3.8, 4) is 0 Å². The standard InChI is InChI=1S/C29H24F26O3/c1-11(56)14-12-2-3-13(8-12)15(14)16-57-9-17(10-58-16,4-6-18(30,31)20(34,35)22(38,39)24(42,43)26(46,47)28(50,51)52)5-7-19(32,33)21(36,37)23(40,41)25(44,45)27(48,49)29(53,54)55/h2-3,12-16H,4-10H2,1H3/t12?,13-,14?,15?/m1/s1. The van der Waals surface area contributed by atoms with Crippen LogP contribution in [-0.4, -0.2) is 96.9 Å². The maximum Gasteiger partial charge on any atom is 0.460 e. The Kier molecular flexibility index (Phi) is 12.3. The summed E-state index contributed by atoms with van der Waals surface area (Å²) < 4.78 is 366. The van der Waals surface area contributed by atoms with E-state index in [0.29, 0.717) is 0 Å². The molecule has 0 N–H and O–H groups in total. The van der Waals surface area contributed by atoms with E-state index in [9.17, 15) is 119 Å². The molecule has 0 aromatic rings. The van der Waals surface area contributed by atoms with Gasteiger partial charge < -0.3 is 9.47 Å². The van der Waals surface area contributed by atoms with Gasteiger partial charge in [-0.05, 0) is 38.0 Å². The Morgan fingerprint density at radius 3 is 1.12 bits per heavy atom. The van der Waals surface area contributed by atoms with Crippen LogP contribution < -0.4 is 0 Å². The molecule has 0 spiro atoms. The predicted molar refractivity (Wildman–Crippen MR) is 137 cm³/mol. The van der Waals surface area contributed by atoms with Crippen molar-refractivity contribution < 1.29 is 128 Å². The van der Waals surface area contributed by atoms with Crippen LogP contribution in [0.15, 0.2) is 12.2 Å². The maximum absolute atomic E-state index is 14.7. The zero-order valence-corrected chi connectivity index (χ0v) is 28.0. The normalized spacial score (nSPS) is 25.2. The fourth-order valence-electron chi connectivity index (χ4n) is 6.81. The Balaban J connectivity index is 2.02. The number of Topliss-reactive ketones (excluding diaryl/α,β-unsaturated/α-hetero) is 1. The SMILES string of the molecule is CC(=O)C1C2C=C[C@H](C2)C1C1OCC(CCC(F)(F)C(F)(F)C(F)(F)C(F)(F)C(F)(F)C(F)(F)F)(CCC(F)(F)C(F)(F)C(F)(F)C(F)(F)C(F)(F)C(F)(F)F)CO1. The van der Waals surface area contributed by atoms with Crippen molar-refractivity contribution in [2.75, 3.05) is 13.2 Å². The van der Waals surface area contributed by atoms with Crippen molar-refractivity contribution in [3.63, 3.8) is 0 Å². The molecule has 1 saturated carbocycles. The minimum absolute atomic E-state index is 0.185. The molecule has 0 amide bonds. The van der Waals surface area contributed by atoms with E-state index in [0.717, 1.165) is 6.92 Å². The van der Waals surface area contributed by atoms with Crippen LogP contribution in [-0.2, 0) is 14.3 Å². The summed E-state index contributed by atoms with van der Waals surface area (Å²) in [6.45, 7) is -2.31. The molecule has 3 rings (SSSR count). The number of ether oxygens (including phenoxy) is 2. The molecule has 3 nitrogen and oxygen atoms in total. The smallest absolute Gasteiger partial charge is 0.352 e. The number of allylic oxidation sites excluding steroid dienone is 2. The third kappa shape index (κ3) is 7.26. The van der Waals surface area contributed by atoms with Crippen LogP contribution in [0.3, 0.4) is 0 Å². The molecule has 1 saturated heterocycles. The number of rotatable bonds is 16. The molecule has 58 heavy (non-hydrogen) atoms. The number of carbonyl (C=O) groups is 1. The van der Waals surface area contributed by atoms with Gasteiger partial charge in [0.1, 0.15) is 5.78 Å². The molecule has 4 atom stereocenters. The quantitative estimate of drug-likeness (QED) is 0.114. The lowest BCUT2D eigenvalue weighted by molar-refractivity contribution is -0.441. The average Bonchev–Trinajstić information content (AvgIpc) is 3.68. The van der Waals surface area contributed by atoms with Gasteiger partial charge >= 0.3 is 71.6 Å². The first-order chi connectivity index (χ1) is 25.4. The van der Waals surface area contributed by atoms with E-state index >= 15 is 0 Å². The summed E-state index contributed by atoms with van der Waals surface area (Å²) >= 11 is 0. The summed E-state index contributed by atoms with van der Waals surface area (Å²) in [4.78, 5) is 12.3. The van der Waals surface area contributed by atoms with Gasteiger partial charge in [0.2, 0.25) is 0 Å². The molecule has 1 aliphatic heterocycles. The first-order valence-corrected chi connectivity index (χ1v) is 15.7. The van der Waals surface area contributed by atoms with Crippen molar-refractivity contribution in [1.82, 2.24) is 0 Å². The van der Waals surface area contributed by atoms with Gasteiger partial charge in [-0.3, -0.25) is 4.79 Å². The first kappa shape index (κ1) is 49.9. The monoisotopic (exact) mass is 914 g/mol. The number of carbonyl (C=O) groups excluding carboxylic acids is 1. The highest BCUT2D eigenvalue weighted by Crippen LogP contribution is 2.63. The summed E-state index contributed by atoms with van der Waals surface area (Å²) in [6, 6.07) is 0. The second kappa shape index (κ2) is 14.3. The lowest BCUT2D eigenvalue weighted by Gasteiger charge is -2.46. The van der Waals surface area contributed by atoms with Crippen molar-refractivity contribution >= 4 is 5.78 Å². The lowest BCUT2D eigenvalue weighted by atomic mass is 9.75. The molecule has 2 fully saturated rings. The van der Waals surface area contributed by atoms with Gasteiger partial charge in [-0.25, -0.2) is 0 Å². The summed E-state index contributed by atoms with van der Waals surface area (Å²) in [6.07, 6.45) is -25.4. The molecular formula is C29H24F26O3. The Morgan fingerprint density at radius 1 is 0.500 bits per heavy atom. The Labute approximate surface area is 306 Å². The summed E-state index contributed by atoms with van der Waals surface area (Å²) in [7, 11) is 0. The number of hydrogen-bond donors (Lipinski definition) is 0. The third-order valence-electron chi connectivity index (χ3n) is 10.3. The van der Waals surface area contributed by atoms with Crippen molar-refractivity contribution in [1.29, 1.82) is 0 Å². The predicted octanol–water partition coefficient (Wildman–Crippen LogP) is 11.4. The van der Waals surface area contributed by atoms with Gasteiger partial charge in [0.05, 0.1) is 13.2 Å². The molecule has 0 radical (unpaired) electrons. The van der Waals surface area contributed by atoms with Crippen LogP contribution in [0.4, 0.5) is 114 Å². The van der Waals surface area contributed by atoms with Gasteiger partial charge in [-0.15, -0.1) is 0 Å². The van der Waals surface area contributed by atoms with Crippen LogP contribution in [0, 0.1) is 29.1 Å². The van der Waals surface area contributed by atoms with Crippen molar-refractivity contribution in [3.05, 3.63) is 12.2 Å². The van der Waals surface area contributed by atoms with Gasteiger partial charge in [0.15, 0.2) is 6.29 Å². The highest BCUT2D eigenvalue weighted by atomic mass is 19.4. The molecule has 0 aromatic heterocycles. The van der Waals surface area contributed by atoms with Crippen LogP contribution in [0.5, 0.6) is 0 Å². The zero-order valence-electron chi connectivity index (χ0n) is 28.0. The molecule has 2 bridgehead atoms. The Hall–Kier alpha value is -2.49. The fraction of sp³-hybridized carbons (Fsp3) is 0.897. The molecule has 0 aromatic carbocycles. The average molecular weight is 914 g/mol. The van der Waals surface area contributed by atoms with E-state index in [4.69, 9.17) is 9.47 Å². The molecule has 2 aliphatic carbocycles. The lowest BCUT2D eigenvalue weighted by Crippen LogP contribution is -2.70. The summed E-state index contributed by atoms with van der Waals surface area (Å²) in [5.74, 6) is -83.7. The number of hydrogen-bond acceptors (Lipinski definition) is 3. The third-order valence-corrected chi connectivity index (χ3v) is 10.3. The van der Waals surface area contributed by atoms with Crippen LogP contribution in [0.1, 0.15) is 39.0 Å². The Morgan fingerprint density at radius 2 is 0.810 bits per heavy atom. The number of alkyl halides is 26. The van der Waals surface area contributed by atoms with E-state index in [-0.39, 0.29) is 6.42 Å². The molecule has 340 valence electrons. The minimum Gasteiger partial charge on any atom is -0.352 e. The number of ketones is 1. The molecule has 3 unspecified atom stereocenters.